The first kappa shape index (κ1) is 19.5. The smallest absolute Gasteiger partial charge is 0.549 e. The van der Waals surface area contributed by atoms with Crippen LogP contribution in [-0.2, 0) is 9.59 Å². The molecule has 86 valence electrons. The first-order valence-corrected chi connectivity index (χ1v) is 5.48. The van der Waals surface area contributed by atoms with Crippen molar-refractivity contribution in [2.24, 2.45) is 11.3 Å². The average molecular weight is 226 g/mol. The third-order valence-corrected chi connectivity index (χ3v) is 3.59. The zero-order valence-corrected chi connectivity index (χ0v) is 11.0. The Bertz CT molecular complexity index is 248. The van der Waals surface area contributed by atoms with Gasteiger partial charge in [-0.05, 0) is 25.2 Å². The maximum atomic E-state index is 11.1. The minimum absolute atomic E-state index is 0. The second kappa shape index (κ2) is 8.27. The number of rotatable bonds is 4. The summed E-state index contributed by atoms with van der Waals surface area (Å²) in [5, 5.41) is 22.1. The van der Waals surface area contributed by atoms with Crippen molar-refractivity contribution in [3.8, 4) is 0 Å². The molecule has 0 radical (unpaired) electrons. The normalized spacial score (nSPS) is 16.5. The van der Waals surface area contributed by atoms with Crippen LogP contribution >= 0.6 is 0 Å². The van der Waals surface area contributed by atoms with E-state index in [1.54, 1.807) is 6.92 Å². The first-order valence-electron chi connectivity index (χ1n) is 5.48. The van der Waals surface area contributed by atoms with Crippen molar-refractivity contribution in [2.45, 2.75) is 45.4 Å². The monoisotopic (exact) mass is 226 g/mol. The fraction of sp³-hybridized carbons (Fsp3) is 0.818. The fourth-order valence-electron chi connectivity index (χ4n) is 2.59. The predicted octanol–water partition coefficient (Wildman–Crippen LogP) is -6.53. The Morgan fingerprint density at radius 3 is 1.76 bits per heavy atom. The van der Waals surface area contributed by atoms with Crippen LogP contribution in [0.5, 0.6) is 0 Å². The Morgan fingerprint density at radius 2 is 1.47 bits per heavy atom. The van der Waals surface area contributed by atoms with E-state index in [9.17, 15) is 19.8 Å². The molecule has 1 aliphatic carbocycles. The second-order valence-corrected chi connectivity index (χ2v) is 4.23. The van der Waals surface area contributed by atoms with Crippen LogP contribution < -0.4 is 47.9 Å². The Hall–Kier alpha value is 0.135. The standard InChI is InChI=1S/C11H18O4.2Li/c1-2-11(9(12)13,10(14)15)8-6-4-3-5-7-8;;/h8H,2-7H2,1H3,(H,12,13)(H,14,15);;/q;2*+1/p-2. The fourth-order valence-corrected chi connectivity index (χ4v) is 2.59. The van der Waals surface area contributed by atoms with Crippen LogP contribution in [0, 0.1) is 11.3 Å². The molecule has 1 saturated carbocycles. The molecule has 0 aromatic rings. The van der Waals surface area contributed by atoms with Crippen LogP contribution in [-0.4, -0.2) is 11.9 Å². The summed E-state index contributed by atoms with van der Waals surface area (Å²) in [6, 6.07) is 0. The molecule has 0 aromatic carbocycles. The number of carboxylic acid groups (broad SMARTS) is 2. The van der Waals surface area contributed by atoms with Crippen LogP contribution in [0.25, 0.3) is 0 Å². The molecule has 17 heavy (non-hydrogen) atoms. The minimum Gasteiger partial charge on any atom is -0.549 e. The van der Waals surface area contributed by atoms with Gasteiger partial charge < -0.3 is 19.8 Å². The third-order valence-electron chi connectivity index (χ3n) is 3.59. The third kappa shape index (κ3) is 3.80. The molecular formula is C11H16Li2O4. The maximum absolute atomic E-state index is 11.1. The number of hydrogen-bond acceptors (Lipinski definition) is 4. The van der Waals surface area contributed by atoms with Crippen LogP contribution in [0.1, 0.15) is 45.4 Å². The van der Waals surface area contributed by atoms with Crippen LogP contribution in [0.3, 0.4) is 0 Å². The summed E-state index contributed by atoms with van der Waals surface area (Å²) in [5.74, 6) is -3.31. The van der Waals surface area contributed by atoms with Gasteiger partial charge in [0, 0.05) is 0 Å². The Kier molecular flexibility index (Phi) is 9.48. The van der Waals surface area contributed by atoms with Crippen molar-refractivity contribution in [3.63, 3.8) is 0 Å². The van der Waals surface area contributed by atoms with Gasteiger partial charge in [0.2, 0.25) is 0 Å². The van der Waals surface area contributed by atoms with Gasteiger partial charge in [-0.1, -0.05) is 26.2 Å². The van der Waals surface area contributed by atoms with E-state index < -0.39 is 17.4 Å². The molecule has 6 heteroatoms. The van der Waals surface area contributed by atoms with Gasteiger partial charge in [0.1, 0.15) is 0 Å². The molecule has 0 saturated heterocycles. The molecule has 0 aromatic heterocycles. The molecule has 1 fully saturated rings. The number of carboxylic acids is 2. The Balaban J connectivity index is 0. The van der Waals surface area contributed by atoms with Gasteiger partial charge in [-0.3, -0.25) is 0 Å². The van der Waals surface area contributed by atoms with Gasteiger partial charge in [0.15, 0.2) is 0 Å². The minimum atomic E-state index is -1.78. The quantitative estimate of drug-likeness (QED) is 0.352. The summed E-state index contributed by atoms with van der Waals surface area (Å²) in [6.45, 7) is 1.57. The number of carbonyl (C=O) groups excluding carboxylic acids is 2. The van der Waals surface area contributed by atoms with E-state index in [-0.39, 0.29) is 50.1 Å². The largest absolute Gasteiger partial charge is 1.00 e. The van der Waals surface area contributed by atoms with Crippen LogP contribution in [0.15, 0.2) is 0 Å². The molecule has 0 unspecified atom stereocenters. The molecule has 0 heterocycles. The van der Waals surface area contributed by atoms with Crippen molar-refractivity contribution in [1.82, 2.24) is 0 Å². The summed E-state index contributed by atoms with van der Waals surface area (Å²) in [7, 11) is 0. The SMILES string of the molecule is CCC(C(=O)[O-])(C(=O)[O-])C1CCCCC1.[Li+].[Li+]. The van der Waals surface area contributed by atoms with Gasteiger partial charge in [-0.25, -0.2) is 0 Å². The summed E-state index contributed by atoms with van der Waals surface area (Å²) >= 11 is 0. The summed E-state index contributed by atoms with van der Waals surface area (Å²) < 4.78 is 0. The summed E-state index contributed by atoms with van der Waals surface area (Å²) in [4.78, 5) is 22.1. The van der Waals surface area contributed by atoms with E-state index in [1.165, 1.54) is 0 Å². The Labute approximate surface area is 126 Å². The molecule has 4 nitrogen and oxygen atoms in total. The van der Waals surface area contributed by atoms with E-state index in [2.05, 4.69) is 0 Å². The van der Waals surface area contributed by atoms with Crippen molar-refractivity contribution in [2.75, 3.05) is 0 Å². The van der Waals surface area contributed by atoms with Gasteiger partial charge >= 0.3 is 37.7 Å². The molecule has 1 rings (SSSR count). The van der Waals surface area contributed by atoms with E-state index >= 15 is 0 Å². The molecular weight excluding hydrogens is 210 g/mol. The molecule has 0 amide bonds. The number of hydrogen-bond donors (Lipinski definition) is 0. The van der Waals surface area contributed by atoms with E-state index in [0.29, 0.717) is 12.8 Å². The maximum Gasteiger partial charge on any atom is 1.00 e. The molecule has 0 atom stereocenters. The first-order chi connectivity index (χ1) is 7.05. The molecule has 0 bridgehead atoms. The van der Waals surface area contributed by atoms with Crippen molar-refractivity contribution < 1.29 is 57.5 Å². The second-order valence-electron chi connectivity index (χ2n) is 4.23. The predicted molar refractivity (Wildman–Crippen MR) is 49.3 cm³/mol. The average Bonchev–Trinajstić information content (AvgIpc) is 2.20. The van der Waals surface area contributed by atoms with E-state index in [1.807, 2.05) is 0 Å². The van der Waals surface area contributed by atoms with Gasteiger partial charge in [0.05, 0.1) is 17.4 Å². The van der Waals surface area contributed by atoms with E-state index in [0.717, 1.165) is 19.3 Å². The van der Waals surface area contributed by atoms with Gasteiger partial charge in [-0.2, -0.15) is 0 Å². The zero-order valence-electron chi connectivity index (χ0n) is 11.0. The van der Waals surface area contributed by atoms with Crippen LogP contribution in [0.2, 0.25) is 0 Å². The van der Waals surface area contributed by atoms with Crippen molar-refractivity contribution >= 4 is 11.9 Å². The Morgan fingerprint density at radius 1 is 1.06 bits per heavy atom. The molecule has 0 spiro atoms. The molecule has 0 aliphatic heterocycles. The summed E-state index contributed by atoms with van der Waals surface area (Å²) in [6.07, 6.45) is 4.18. The van der Waals surface area contributed by atoms with Crippen LogP contribution in [0.4, 0.5) is 0 Å². The van der Waals surface area contributed by atoms with Gasteiger partial charge in [-0.15, -0.1) is 0 Å². The number of aliphatic carboxylic acids is 2. The van der Waals surface area contributed by atoms with Crippen molar-refractivity contribution in [1.29, 1.82) is 0 Å². The topological polar surface area (TPSA) is 80.3 Å². The molecule has 1 aliphatic rings. The molecule has 0 N–H and O–H groups in total. The number of carbonyl (C=O) groups is 2. The van der Waals surface area contributed by atoms with E-state index in [4.69, 9.17) is 0 Å². The van der Waals surface area contributed by atoms with Gasteiger partial charge in [0.25, 0.3) is 0 Å². The summed E-state index contributed by atoms with van der Waals surface area (Å²) in [5.41, 5.74) is -1.78. The zero-order chi connectivity index (χ0) is 11.5. The van der Waals surface area contributed by atoms with Crippen molar-refractivity contribution in [3.05, 3.63) is 0 Å².